The molecule has 0 heterocycles. The van der Waals surface area contributed by atoms with E-state index in [-0.39, 0.29) is 31.1 Å². The Morgan fingerprint density at radius 1 is 0.269 bits per heavy atom. The molecule has 0 aliphatic heterocycles. The van der Waals surface area contributed by atoms with E-state index >= 15 is 0 Å². The molecule has 1 atom stereocenters. The number of allylic oxidation sites excluding steroid dienone is 16. The highest BCUT2D eigenvalue weighted by Crippen LogP contribution is 2.16. The quantitative estimate of drug-likeness (QED) is 0.0261. The number of hydrogen-bond donors (Lipinski definition) is 0. The molecule has 0 fully saturated rings. The zero-order valence-electron chi connectivity index (χ0n) is 51.4. The molecule has 0 N–H and O–H groups in total. The van der Waals surface area contributed by atoms with Gasteiger partial charge < -0.3 is 14.2 Å². The van der Waals surface area contributed by atoms with Crippen LogP contribution in [0.4, 0.5) is 0 Å². The molecule has 6 nitrogen and oxygen atoms in total. The molecule has 0 aliphatic carbocycles. The maximum Gasteiger partial charge on any atom is 0.306 e. The van der Waals surface area contributed by atoms with Gasteiger partial charge in [-0.3, -0.25) is 14.4 Å². The first kappa shape index (κ1) is 74.3. The Morgan fingerprint density at radius 3 is 0.782 bits per heavy atom. The first-order valence-corrected chi connectivity index (χ1v) is 33.2. The van der Waals surface area contributed by atoms with Crippen LogP contribution in [0.5, 0.6) is 0 Å². The van der Waals surface area contributed by atoms with E-state index in [1.807, 2.05) is 0 Å². The van der Waals surface area contributed by atoms with Gasteiger partial charge in [-0.15, -0.1) is 0 Å². The van der Waals surface area contributed by atoms with E-state index in [1.54, 1.807) is 0 Å². The van der Waals surface area contributed by atoms with Crippen molar-refractivity contribution in [3.8, 4) is 0 Å². The van der Waals surface area contributed by atoms with Gasteiger partial charge in [-0.1, -0.05) is 298 Å². The predicted molar refractivity (Wildman–Crippen MR) is 339 cm³/mol. The summed E-state index contributed by atoms with van der Waals surface area (Å²) in [6.45, 7) is 6.48. The minimum Gasteiger partial charge on any atom is -0.462 e. The van der Waals surface area contributed by atoms with Gasteiger partial charge in [0.1, 0.15) is 13.2 Å². The Morgan fingerprint density at radius 2 is 0.500 bits per heavy atom. The van der Waals surface area contributed by atoms with Crippen LogP contribution in [0, 0.1) is 0 Å². The molecule has 0 aliphatic rings. The normalized spacial score (nSPS) is 12.7. The fourth-order valence-electron chi connectivity index (χ4n) is 9.36. The van der Waals surface area contributed by atoms with E-state index in [0.717, 1.165) is 103 Å². The summed E-state index contributed by atoms with van der Waals surface area (Å²) in [6, 6.07) is 0. The molecule has 0 rings (SSSR count). The van der Waals surface area contributed by atoms with Crippen LogP contribution in [-0.4, -0.2) is 37.2 Å². The predicted octanol–water partition coefficient (Wildman–Crippen LogP) is 22.8. The van der Waals surface area contributed by atoms with Crippen molar-refractivity contribution in [2.75, 3.05) is 13.2 Å². The maximum absolute atomic E-state index is 12.9. The van der Waals surface area contributed by atoms with Gasteiger partial charge >= 0.3 is 17.9 Å². The van der Waals surface area contributed by atoms with Crippen LogP contribution in [0.25, 0.3) is 0 Å². The van der Waals surface area contributed by atoms with Gasteiger partial charge in [0.15, 0.2) is 6.10 Å². The van der Waals surface area contributed by atoms with Crippen molar-refractivity contribution in [2.45, 2.75) is 329 Å². The molecule has 0 aromatic carbocycles. The Hall–Kier alpha value is -3.67. The molecule has 6 heteroatoms. The van der Waals surface area contributed by atoms with Gasteiger partial charge in [0.25, 0.3) is 0 Å². The monoisotopic (exact) mass is 1080 g/mol. The zero-order valence-corrected chi connectivity index (χ0v) is 51.4. The number of carbonyl (C=O) groups excluding carboxylic acids is 3. The summed E-state index contributed by atoms with van der Waals surface area (Å²) >= 11 is 0. The summed E-state index contributed by atoms with van der Waals surface area (Å²) in [6.07, 6.45) is 88.8. The van der Waals surface area contributed by atoms with Crippen molar-refractivity contribution in [1.29, 1.82) is 0 Å². The molecule has 0 radical (unpaired) electrons. The SMILES string of the molecule is CC/C=C\C/C=C\C/C=C\C/C=C\C/C=C\CCCCCCCCCCCCCC(=O)OCC(COC(=O)CCCCCCCC)OC(=O)CCCCCCCCCCCCCC/C=C\C/C=C\C/C=C\CCCCCCC. The Bertz CT molecular complexity index is 1530. The van der Waals surface area contributed by atoms with Crippen LogP contribution in [0.15, 0.2) is 97.2 Å². The number of rotatable bonds is 60. The van der Waals surface area contributed by atoms with E-state index in [1.165, 1.54) is 180 Å². The van der Waals surface area contributed by atoms with Crippen molar-refractivity contribution in [1.82, 2.24) is 0 Å². The largest absolute Gasteiger partial charge is 0.462 e. The minimum absolute atomic E-state index is 0.0773. The Balaban J connectivity index is 4.08. The number of unbranched alkanes of at least 4 members (excludes halogenated alkanes) is 33. The van der Waals surface area contributed by atoms with E-state index in [0.29, 0.717) is 19.3 Å². The summed E-state index contributed by atoms with van der Waals surface area (Å²) in [4.78, 5) is 38.1. The molecule has 448 valence electrons. The van der Waals surface area contributed by atoms with Crippen molar-refractivity contribution in [3.05, 3.63) is 97.2 Å². The molecular formula is C72H124O6. The summed E-state index contributed by atoms with van der Waals surface area (Å²) in [5.74, 6) is -0.882. The van der Waals surface area contributed by atoms with Crippen LogP contribution < -0.4 is 0 Å². The van der Waals surface area contributed by atoms with Crippen LogP contribution in [0.1, 0.15) is 323 Å². The standard InChI is InChI=1S/C72H124O6/c1-4-7-10-13-16-18-20-22-24-26-28-30-32-34-36-38-40-42-44-46-48-50-52-54-56-59-62-65-71(74)77-68-69(67-76-70(73)64-61-58-15-12-9-6-3)78-72(75)66-63-60-57-55-53-51-49-47-45-43-41-39-37-35-33-31-29-27-25-23-21-19-17-14-11-8-5-2/h7,10,16,18,21-24,27-30,33-36,69H,4-6,8-9,11-15,17,19-20,25-26,31-32,37-68H2,1-3H3/b10-7-,18-16-,23-21-,24-22-,29-27-,30-28-,35-33-,36-34-. The molecule has 0 bridgehead atoms. The van der Waals surface area contributed by atoms with Crippen molar-refractivity contribution in [3.63, 3.8) is 0 Å². The van der Waals surface area contributed by atoms with Crippen LogP contribution in [-0.2, 0) is 28.6 Å². The van der Waals surface area contributed by atoms with E-state index in [2.05, 4.69) is 118 Å². The topological polar surface area (TPSA) is 78.9 Å². The lowest BCUT2D eigenvalue weighted by molar-refractivity contribution is -0.167. The molecule has 0 aromatic rings. The van der Waals surface area contributed by atoms with E-state index < -0.39 is 6.10 Å². The molecular weight excluding hydrogens is 961 g/mol. The van der Waals surface area contributed by atoms with Gasteiger partial charge in [0, 0.05) is 19.3 Å². The lowest BCUT2D eigenvalue weighted by atomic mass is 10.0. The van der Waals surface area contributed by atoms with Crippen molar-refractivity contribution < 1.29 is 28.6 Å². The summed E-state index contributed by atoms with van der Waals surface area (Å²) in [5, 5.41) is 0. The molecule has 0 saturated carbocycles. The fraction of sp³-hybridized carbons (Fsp3) is 0.736. The molecule has 78 heavy (non-hydrogen) atoms. The number of carbonyl (C=O) groups is 3. The van der Waals surface area contributed by atoms with Crippen molar-refractivity contribution in [2.24, 2.45) is 0 Å². The second-order valence-electron chi connectivity index (χ2n) is 22.0. The number of ether oxygens (including phenoxy) is 3. The summed E-state index contributed by atoms with van der Waals surface area (Å²) in [5.41, 5.74) is 0. The summed E-state index contributed by atoms with van der Waals surface area (Å²) < 4.78 is 16.8. The second kappa shape index (κ2) is 65.8. The highest BCUT2D eigenvalue weighted by molar-refractivity contribution is 5.71. The van der Waals surface area contributed by atoms with Gasteiger partial charge in [-0.05, 0) is 103 Å². The van der Waals surface area contributed by atoms with Crippen molar-refractivity contribution >= 4 is 17.9 Å². The lowest BCUT2D eigenvalue weighted by Crippen LogP contribution is -2.30. The third-order valence-corrected chi connectivity index (χ3v) is 14.3. The van der Waals surface area contributed by atoms with E-state index in [4.69, 9.17) is 14.2 Å². The molecule has 0 amide bonds. The smallest absolute Gasteiger partial charge is 0.306 e. The van der Waals surface area contributed by atoms with Gasteiger partial charge in [-0.25, -0.2) is 0 Å². The highest BCUT2D eigenvalue weighted by atomic mass is 16.6. The van der Waals surface area contributed by atoms with E-state index in [9.17, 15) is 14.4 Å². The number of esters is 3. The number of hydrogen-bond acceptors (Lipinski definition) is 6. The van der Waals surface area contributed by atoms with Crippen LogP contribution >= 0.6 is 0 Å². The van der Waals surface area contributed by atoms with Gasteiger partial charge in [0.2, 0.25) is 0 Å². The molecule has 1 unspecified atom stereocenters. The van der Waals surface area contributed by atoms with Gasteiger partial charge in [0.05, 0.1) is 0 Å². The maximum atomic E-state index is 12.9. The second-order valence-corrected chi connectivity index (χ2v) is 22.0. The third-order valence-electron chi connectivity index (χ3n) is 14.3. The molecule has 0 saturated heterocycles. The molecule has 0 spiro atoms. The average molecular weight is 1090 g/mol. The lowest BCUT2D eigenvalue weighted by Gasteiger charge is -2.18. The van der Waals surface area contributed by atoms with Crippen LogP contribution in [0.2, 0.25) is 0 Å². The third kappa shape index (κ3) is 63.2. The average Bonchev–Trinajstić information content (AvgIpc) is 3.44. The highest BCUT2D eigenvalue weighted by Gasteiger charge is 2.19. The minimum atomic E-state index is -0.777. The molecule has 0 aromatic heterocycles. The Labute approximate surface area is 483 Å². The first-order chi connectivity index (χ1) is 38.5. The summed E-state index contributed by atoms with van der Waals surface area (Å²) in [7, 11) is 0. The first-order valence-electron chi connectivity index (χ1n) is 33.2. The fourth-order valence-corrected chi connectivity index (χ4v) is 9.36. The zero-order chi connectivity index (χ0) is 56.4. The van der Waals surface area contributed by atoms with Gasteiger partial charge in [-0.2, -0.15) is 0 Å². The van der Waals surface area contributed by atoms with Crippen LogP contribution in [0.3, 0.4) is 0 Å². The Kier molecular flexibility index (Phi) is 62.7.